The van der Waals surface area contributed by atoms with Crippen molar-refractivity contribution in [3.63, 3.8) is 0 Å². The van der Waals surface area contributed by atoms with Crippen LogP contribution in [0.4, 0.5) is 0 Å². The number of esters is 1. The van der Waals surface area contributed by atoms with Crippen molar-refractivity contribution < 1.29 is 19.1 Å². The normalized spacial score (nSPS) is 18.1. The van der Waals surface area contributed by atoms with E-state index in [2.05, 4.69) is 5.32 Å². The number of amides is 1. The predicted octanol–water partition coefficient (Wildman–Crippen LogP) is 3.58. The molecule has 1 fully saturated rings. The van der Waals surface area contributed by atoms with E-state index in [-0.39, 0.29) is 24.0 Å². The van der Waals surface area contributed by atoms with Crippen LogP contribution < -0.4 is 5.32 Å². The number of hydrogen-bond donors (Lipinski definition) is 1. The fraction of sp³-hybridized carbons (Fsp3) is 0.435. The number of nitrogens with one attached hydrogen (secondary N) is 1. The molecule has 0 saturated heterocycles. The first kappa shape index (κ1) is 20.1. The fourth-order valence-electron chi connectivity index (χ4n) is 3.63. The quantitative estimate of drug-likeness (QED) is 0.777. The van der Waals surface area contributed by atoms with E-state index in [9.17, 15) is 14.4 Å². The van der Waals surface area contributed by atoms with E-state index in [4.69, 9.17) is 4.74 Å². The summed E-state index contributed by atoms with van der Waals surface area (Å²) in [5.74, 6) is -0.921. The third kappa shape index (κ3) is 4.77. The van der Waals surface area contributed by atoms with Crippen molar-refractivity contribution in [3.05, 3.63) is 48.0 Å². The van der Waals surface area contributed by atoms with Gasteiger partial charge in [-0.25, -0.2) is 4.79 Å². The number of rotatable bonds is 6. The average Bonchev–Trinajstić information content (AvgIpc) is 2.68. The highest BCUT2D eigenvalue weighted by molar-refractivity contribution is 5.92. The summed E-state index contributed by atoms with van der Waals surface area (Å²) in [4.78, 5) is 37.2. The van der Waals surface area contributed by atoms with Crippen LogP contribution in [-0.2, 0) is 25.5 Å². The van der Waals surface area contributed by atoms with E-state index in [1.807, 2.05) is 56.3 Å². The maximum absolute atomic E-state index is 12.6. The zero-order chi connectivity index (χ0) is 20.1. The van der Waals surface area contributed by atoms with Crippen LogP contribution in [0.25, 0.3) is 10.8 Å². The first-order valence-corrected chi connectivity index (χ1v) is 9.95. The smallest absolute Gasteiger partial charge is 0.329 e. The van der Waals surface area contributed by atoms with Crippen LogP contribution in [0.5, 0.6) is 0 Å². The predicted molar refractivity (Wildman–Crippen MR) is 108 cm³/mol. The van der Waals surface area contributed by atoms with Crippen LogP contribution in [0.3, 0.4) is 0 Å². The van der Waals surface area contributed by atoms with E-state index in [0.717, 1.165) is 29.2 Å². The Morgan fingerprint density at radius 1 is 1.11 bits per heavy atom. The Hall–Kier alpha value is -2.69. The van der Waals surface area contributed by atoms with E-state index >= 15 is 0 Å². The first-order chi connectivity index (χ1) is 13.5. The Kier molecular flexibility index (Phi) is 6.45. The molecular weight excluding hydrogens is 354 g/mol. The highest BCUT2D eigenvalue weighted by Gasteiger charge is 2.31. The van der Waals surface area contributed by atoms with Gasteiger partial charge in [-0.05, 0) is 41.5 Å². The molecule has 2 aromatic carbocycles. The molecular formula is C23H27NO4. The van der Waals surface area contributed by atoms with Crippen molar-refractivity contribution in [1.29, 1.82) is 0 Å². The molecule has 0 heterocycles. The zero-order valence-electron chi connectivity index (χ0n) is 16.4. The monoisotopic (exact) mass is 381 g/mol. The molecule has 0 spiro atoms. The van der Waals surface area contributed by atoms with Gasteiger partial charge in [0.2, 0.25) is 5.91 Å². The van der Waals surface area contributed by atoms with Gasteiger partial charge in [-0.3, -0.25) is 9.59 Å². The SMILES string of the molecule is CC(C)[C@H](NC(=O)Cc1cccc2ccccc12)C(=O)O[C@@H]1CCCCC1=O. The molecule has 1 aliphatic rings. The van der Waals surface area contributed by atoms with Gasteiger partial charge in [0.15, 0.2) is 11.9 Å². The van der Waals surface area contributed by atoms with E-state index < -0.39 is 18.1 Å². The maximum atomic E-state index is 12.6. The zero-order valence-corrected chi connectivity index (χ0v) is 16.4. The summed E-state index contributed by atoms with van der Waals surface area (Å²) >= 11 is 0. The number of benzene rings is 2. The minimum atomic E-state index is -0.766. The van der Waals surface area contributed by atoms with Gasteiger partial charge in [-0.2, -0.15) is 0 Å². The second-order valence-corrected chi connectivity index (χ2v) is 7.74. The molecule has 0 aliphatic heterocycles. The highest BCUT2D eigenvalue weighted by atomic mass is 16.5. The number of carbonyl (C=O) groups excluding carboxylic acids is 3. The van der Waals surface area contributed by atoms with Crippen LogP contribution in [0.2, 0.25) is 0 Å². The number of Topliss-reactive ketones (excluding diaryl/α,β-unsaturated/α-hetero) is 1. The average molecular weight is 381 g/mol. The molecule has 0 radical (unpaired) electrons. The molecule has 3 rings (SSSR count). The molecule has 5 heteroatoms. The van der Waals surface area contributed by atoms with Crippen LogP contribution >= 0.6 is 0 Å². The van der Waals surface area contributed by atoms with E-state index in [1.165, 1.54) is 0 Å². The van der Waals surface area contributed by atoms with Crippen molar-refractivity contribution in [2.24, 2.45) is 5.92 Å². The largest absolute Gasteiger partial charge is 0.453 e. The van der Waals surface area contributed by atoms with Crippen LogP contribution in [-0.4, -0.2) is 29.8 Å². The molecule has 2 atom stereocenters. The molecule has 28 heavy (non-hydrogen) atoms. The van der Waals surface area contributed by atoms with Gasteiger partial charge in [0.25, 0.3) is 0 Å². The summed E-state index contributed by atoms with van der Waals surface area (Å²) in [6.45, 7) is 3.71. The molecule has 148 valence electrons. The lowest BCUT2D eigenvalue weighted by atomic mass is 9.96. The topological polar surface area (TPSA) is 72.5 Å². The van der Waals surface area contributed by atoms with Gasteiger partial charge in [0, 0.05) is 6.42 Å². The van der Waals surface area contributed by atoms with Crippen molar-refractivity contribution in [2.75, 3.05) is 0 Å². The molecule has 0 bridgehead atoms. The fourth-order valence-corrected chi connectivity index (χ4v) is 3.63. The molecule has 5 nitrogen and oxygen atoms in total. The summed E-state index contributed by atoms with van der Waals surface area (Å²) < 4.78 is 5.45. The van der Waals surface area contributed by atoms with Gasteiger partial charge in [-0.1, -0.05) is 56.3 Å². The van der Waals surface area contributed by atoms with Gasteiger partial charge < -0.3 is 10.1 Å². The standard InChI is InChI=1S/C23H27NO4/c1-15(2)22(23(27)28-20-13-6-5-12-19(20)25)24-21(26)14-17-10-7-9-16-8-3-4-11-18(16)17/h3-4,7-11,15,20,22H,5-6,12-14H2,1-2H3,(H,24,26)/t20-,22+/m1/s1. The Balaban J connectivity index is 1.67. The number of hydrogen-bond acceptors (Lipinski definition) is 4. The molecule has 1 aliphatic carbocycles. The van der Waals surface area contributed by atoms with Crippen molar-refractivity contribution in [3.8, 4) is 0 Å². The molecule has 1 saturated carbocycles. The van der Waals surface area contributed by atoms with E-state index in [1.54, 1.807) is 0 Å². The summed E-state index contributed by atoms with van der Waals surface area (Å²) in [6.07, 6.45) is 2.26. The molecule has 0 aromatic heterocycles. The summed E-state index contributed by atoms with van der Waals surface area (Å²) in [5.41, 5.74) is 0.911. The second kappa shape index (κ2) is 9.00. The van der Waals surface area contributed by atoms with Crippen molar-refractivity contribution in [1.82, 2.24) is 5.32 Å². The third-order valence-corrected chi connectivity index (χ3v) is 5.23. The summed E-state index contributed by atoms with van der Waals surface area (Å²) in [6, 6.07) is 13.0. The lowest BCUT2D eigenvalue weighted by Gasteiger charge is -2.26. The third-order valence-electron chi connectivity index (χ3n) is 5.23. The lowest BCUT2D eigenvalue weighted by Crippen LogP contribution is -2.47. The Bertz CT molecular complexity index is 869. The Morgan fingerprint density at radius 2 is 1.86 bits per heavy atom. The number of carbonyl (C=O) groups is 3. The van der Waals surface area contributed by atoms with Crippen LogP contribution in [0, 0.1) is 5.92 Å². The Morgan fingerprint density at radius 3 is 2.61 bits per heavy atom. The van der Waals surface area contributed by atoms with Gasteiger partial charge in [-0.15, -0.1) is 0 Å². The summed E-state index contributed by atoms with van der Waals surface area (Å²) in [5, 5.41) is 4.91. The first-order valence-electron chi connectivity index (χ1n) is 9.95. The van der Waals surface area contributed by atoms with Crippen molar-refractivity contribution in [2.45, 2.75) is 58.1 Å². The number of ketones is 1. The number of fused-ring (bicyclic) bond motifs is 1. The molecule has 1 amide bonds. The van der Waals surface area contributed by atoms with Crippen LogP contribution in [0.1, 0.15) is 45.1 Å². The lowest BCUT2D eigenvalue weighted by molar-refractivity contribution is -0.160. The van der Waals surface area contributed by atoms with Gasteiger partial charge >= 0.3 is 5.97 Å². The molecule has 2 aromatic rings. The highest BCUT2D eigenvalue weighted by Crippen LogP contribution is 2.20. The van der Waals surface area contributed by atoms with Gasteiger partial charge in [0.05, 0.1) is 6.42 Å². The van der Waals surface area contributed by atoms with Gasteiger partial charge in [0.1, 0.15) is 6.04 Å². The van der Waals surface area contributed by atoms with Crippen molar-refractivity contribution >= 4 is 28.4 Å². The van der Waals surface area contributed by atoms with E-state index in [0.29, 0.717) is 12.8 Å². The summed E-state index contributed by atoms with van der Waals surface area (Å²) in [7, 11) is 0. The number of ether oxygens (including phenoxy) is 1. The maximum Gasteiger partial charge on any atom is 0.329 e. The molecule has 0 unspecified atom stereocenters. The minimum Gasteiger partial charge on any atom is -0.453 e. The van der Waals surface area contributed by atoms with Crippen LogP contribution in [0.15, 0.2) is 42.5 Å². The molecule has 1 N–H and O–H groups in total. The second-order valence-electron chi connectivity index (χ2n) is 7.74. The minimum absolute atomic E-state index is 0.0239. The Labute approximate surface area is 165 Å².